The van der Waals surface area contributed by atoms with Crippen molar-refractivity contribution in [2.45, 2.75) is 32.9 Å². The molecule has 0 bridgehead atoms. The van der Waals surface area contributed by atoms with E-state index in [9.17, 15) is 0 Å². The van der Waals surface area contributed by atoms with Gasteiger partial charge in [-0.25, -0.2) is 4.99 Å². The smallest absolute Gasteiger partial charge is 0.229 e. The Kier molecular flexibility index (Phi) is 4.41. The summed E-state index contributed by atoms with van der Waals surface area (Å²) in [5.74, 6) is 0.928. The minimum Gasteiger partial charge on any atom is -0.546 e. The number of hydrogen-bond donors (Lipinski definition) is 0. The summed E-state index contributed by atoms with van der Waals surface area (Å²) in [6.45, 7) is 8.70. The van der Waals surface area contributed by atoms with Gasteiger partial charge in [-0.05, 0) is 50.6 Å². The van der Waals surface area contributed by atoms with Gasteiger partial charge in [-0.3, -0.25) is 0 Å². The third-order valence-corrected chi connectivity index (χ3v) is 3.70. The van der Waals surface area contributed by atoms with E-state index in [2.05, 4.69) is 42.0 Å². The van der Waals surface area contributed by atoms with Crippen LogP contribution in [0.25, 0.3) is 0 Å². The molecule has 0 atom stereocenters. The van der Waals surface area contributed by atoms with Crippen LogP contribution in [0.4, 0.5) is 5.69 Å². The molecule has 18 heavy (non-hydrogen) atoms. The fourth-order valence-electron chi connectivity index (χ4n) is 2.08. The molecule has 0 aliphatic carbocycles. The average molecular weight is 262 g/mol. The van der Waals surface area contributed by atoms with Crippen LogP contribution in [0.3, 0.4) is 0 Å². The molecule has 0 N–H and O–H groups in total. The van der Waals surface area contributed by atoms with Gasteiger partial charge >= 0.3 is 0 Å². The fraction of sp³-hybridized carbons (Fsp3) is 0.500. The van der Waals surface area contributed by atoms with Gasteiger partial charge in [0.1, 0.15) is 11.4 Å². The molecular formula is C14H22N2OSi. The van der Waals surface area contributed by atoms with Crippen LogP contribution in [0.2, 0.25) is 13.1 Å². The van der Waals surface area contributed by atoms with Gasteiger partial charge in [0, 0.05) is 13.1 Å². The van der Waals surface area contributed by atoms with Gasteiger partial charge in [0.15, 0.2) is 0 Å². The average Bonchev–Trinajstić information content (AvgIpc) is 2.82. The van der Waals surface area contributed by atoms with E-state index in [1.54, 1.807) is 0 Å². The zero-order valence-corrected chi connectivity index (χ0v) is 12.7. The van der Waals surface area contributed by atoms with Gasteiger partial charge in [-0.1, -0.05) is 6.07 Å². The first-order chi connectivity index (χ1) is 8.65. The Hall–Kier alpha value is -1.29. The molecule has 4 heteroatoms. The fourth-order valence-corrected chi connectivity index (χ4v) is 2.79. The van der Waals surface area contributed by atoms with Crippen LogP contribution in [0.1, 0.15) is 18.4 Å². The number of aryl methyl sites for hydroxylation is 1. The Morgan fingerprint density at radius 1 is 1.28 bits per heavy atom. The topological polar surface area (TPSA) is 24.8 Å². The maximum absolute atomic E-state index is 5.92. The van der Waals surface area contributed by atoms with Crippen LogP contribution < -0.4 is 4.43 Å². The van der Waals surface area contributed by atoms with E-state index in [0.29, 0.717) is 0 Å². The van der Waals surface area contributed by atoms with Crippen molar-refractivity contribution < 1.29 is 4.43 Å². The SMILES string of the molecule is Cc1ccc(O[SiH](C)C)c(N=CN2CCCC2)c1. The lowest BCUT2D eigenvalue weighted by atomic mass is 10.2. The van der Waals surface area contributed by atoms with E-state index in [0.717, 1.165) is 24.5 Å². The molecule has 1 aliphatic rings. The van der Waals surface area contributed by atoms with Gasteiger partial charge in [0.25, 0.3) is 0 Å². The van der Waals surface area contributed by atoms with E-state index in [-0.39, 0.29) is 0 Å². The molecule has 0 unspecified atom stereocenters. The quantitative estimate of drug-likeness (QED) is 0.473. The first-order valence-corrected chi connectivity index (χ1v) is 9.49. The second-order valence-electron chi connectivity index (χ2n) is 5.13. The van der Waals surface area contributed by atoms with E-state index < -0.39 is 9.04 Å². The summed E-state index contributed by atoms with van der Waals surface area (Å²) < 4.78 is 5.92. The van der Waals surface area contributed by atoms with Crippen molar-refractivity contribution in [2.75, 3.05) is 13.1 Å². The summed E-state index contributed by atoms with van der Waals surface area (Å²) in [5.41, 5.74) is 2.18. The van der Waals surface area contributed by atoms with Crippen molar-refractivity contribution >= 4 is 21.1 Å². The van der Waals surface area contributed by atoms with Crippen LogP contribution in [0.15, 0.2) is 23.2 Å². The summed E-state index contributed by atoms with van der Waals surface area (Å²) in [6, 6.07) is 6.22. The summed E-state index contributed by atoms with van der Waals surface area (Å²) in [4.78, 5) is 6.88. The maximum atomic E-state index is 5.92. The molecule has 0 saturated carbocycles. The van der Waals surface area contributed by atoms with Crippen molar-refractivity contribution in [3.05, 3.63) is 23.8 Å². The Balaban J connectivity index is 2.15. The molecule has 1 aromatic rings. The van der Waals surface area contributed by atoms with Crippen LogP contribution in [0, 0.1) is 6.92 Å². The second-order valence-corrected chi connectivity index (χ2v) is 7.46. The molecule has 3 nitrogen and oxygen atoms in total. The normalized spacial score (nSPS) is 15.9. The maximum Gasteiger partial charge on any atom is 0.229 e. The Morgan fingerprint density at radius 3 is 2.67 bits per heavy atom. The van der Waals surface area contributed by atoms with Crippen LogP contribution in [-0.4, -0.2) is 33.4 Å². The van der Waals surface area contributed by atoms with Crippen molar-refractivity contribution in [2.24, 2.45) is 4.99 Å². The van der Waals surface area contributed by atoms with Gasteiger partial charge in [0.05, 0.1) is 6.34 Å². The van der Waals surface area contributed by atoms with Crippen molar-refractivity contribution in [3.63, 3.8) is 0 Å². The number of hydrogen-bond acceptors (Lipinski definition) is 2. The highest BCUT2D eigenvalue weighted by Crippen LogP contribution is 2.29. The Bertz CT molecular complexity index is 426. The summed E-state index contributed by atoms with van der Waals surface area (Å²) >= 11 is 0. The van der Waals surface area contributed by atoms with E-state index in [1.807, 2.05) is 12.4 Å². The summed E-state index contributed by atoms with van der Waals surface area (Å²) in [5, 5.41) is 0. The highest BCUT2D eigenvalue weighted by atomic mass is 28.3. The molecule has 0 amide bonds. The number of aliphatic imine (C=N–C) groups is 1. The molecule has 1 heterocycles. The molecule has 0 spiro atoms. The molecule has 1 fully saturated rings. The molecule has 1 aliphatic heterocycles. The Morgan fingerprint density at radius 2 is 2.00 bits per heavy atom. The number of rotatable bonds is 4. The highest BCUT2D eigenvalue weighted by molar-refractivity contribution is 6.49. The standard InChI is InChI=1S/C14H22N2OSi/c1-12-6-7-14(17-18(2)3)13(10-12)15-11-16-8-4-5-9-16/h6-7,10-11,18H,4-5,8-9H2,1-3H3. The molecule has 1 aromatic carbocycles. The largest absolute Gasteiger partial charge is 0.546 e. The van der Waals surface area contributed by atoms with Crippen molar-refractivity contribution in [1.82, 2.24) is 4.90 Å². The van der Waals surface area contributed by atoms with E-state index >= 15 is 0 Å². The third kappa shape index (κ3) is 3.60. The van der Waals surface area contributed by atoms with Crippen LogP contribution in [0.5, 0.6) is 5.75 Å². The molecular weight excluding hydrogens is 240 g/mol. The molecule has 0 radical (unpaired) electrons. The minimum absolute atomic E-state index is 0.928. The molecule has 98 valence electrons. The van der Waals surface area contributed by atoms with Crippen molar-refractivity contribution in [3.8, 4) is 5.75 Å². The predicted octanol–water partition coefficient (Wildman–Crippen LogP) is 3.11. The van der Waals surface area contributed by atoms with Crippen LogP contribution in [-0.2, 0) is 0 Å². The molecule has 2 rings (SSSR count). The molecule has 1 saturated heterocycles. The summed E-state index contributed by atoms with van der Waals surface area (Å²) in [7, 11) is -1.08. The predicted molar refractivity (Wildman–Crippen MR) is 79.6 cm³/mol. The zero-order chi connectivity index (χ0) is 13.0. The van der Waals surface area contributed by atoms with Gasteiger partial charge in [-0.15, -0.1) is 0 Å². The van der Waals surface area contributed by atoms with Crippen molar-refractivity contribution in [1.29, 1.82) is 0 Å². The first-order valence-electron chi connectivity index (χ1n) is 6.71. The highest BCUT2D eigenvalue weighted by Gasteiger charge is 2.09. The third-order valence-electron chi connectivity index (χ3n) is 2.98. The number of nitrogens with zero attached hydrogens (tertiary/aromatic N) is 2. The van der Waals surface area contributed by atoms with Gasteiger partial charge in [-0.2, -0.15) is 0 Å². The first kappa shape index (κ1) is 13.1. The van der Waals surface area contributed by atoms with E-state index in [1.165, 1.54) is 18.4 Å². The molecule has 0 aromatic heterocycles. The lowest BCUT2D eigenvalue weighted by molar-refractivity contribution is 0.535. The summed E-state index contributed by atoms with van der Waals surface area (Å²) in [6.07, 6.45) is 4.53. The van der Waals surface area contributed by atoms with E-state index in [4.69, 9.17) is 4.43 Å². The zero-order valence-electron chi connectivity index (χ0n) is 11.5. The lowest BCUT2D eigenvalue weighted by Crippen LogP contribution is -2.16. The number of likely N-dealkylation sites (tertiary alicyclic amines) is 1. The van der Waals surface area contributed by atoms with Gasteiger partial charge in [0.2, 0.25) is 9.04 Å². The number of benzene rings is 1. The lowest BCUT2D eigenvalue weighted by Gasteiger charge is -2.14. The monoisotopic (exact) mass is 262 g/mol. The second kappa shape index (κ2) is 6.04. The van der Waals surface area contributed by atoms with Crippen LogP contribution >= 0.6 is 0 Å². The Labute approximate surface area is 111 Å². The minimum atomic E-state index is -1.08. The van der Waals surface area contributed by atoms with Gasteiger partial charge < -0.3 is 9.33 Å².